The zero-order chi connectivity index (χ0) is 20.7. The van der Waals surface area contributed by atoms with Crippen LogP contribution in [0.4, 0.5) is 0 Å². The Kier molecular flexibility index (Phi) is 8.26. The lowest BCUT2D eigenvalue weighted by Crippen LogP contribution is -2.42. The lowest BCUT2D eigenvalue weighted by atomic mass is 10.2. The van der Waals surface area contributed by atoms with Crippen molar-refractivity contribution in [3.63, 3.8) is 0 Å². The molecule has 1 saturated heterocycles. The van der Waals surface area contributed by atoms with Gasteiger partial charge >= 0.3 is 0 Å². The molecule has 6 nitrogen and oxygen atoms in total. The van der Waals surface area contributed by atoms with Gasteiger partial charge in [-0.15, -0.1) is 0 Å². The Labute approximate surface area is 180 Å². The highest BCUT2D eigenvalue weighted by Crippen LogP contribution is 2.28. The fraction of sp³-hybridized carbons (Fsp3) is 0.667. The van der Waals surface area contributed by atoms with Crippen LogP contribution < -0.4 is 10.6 Å². The summed E-state index contributed by atoms with van der Waals surface area (Å²) in [6, 6.07) is 7.67. The normalized spacial score (nSPS) is 23.9. The average Bonchev–Trinajstić information content (AvgIpc) is 3.21. The van der Waals surface area contributed by atoms with Crippen LogP contribution >= 0.6 is 11.8 Å². The molecule has 2 unspecified atom stereocenters. The number of nitrogens with one attached hydrogen (secondary N) is 2. The number of nitrogens with zero attached hydrogens (tertiary/aromatic N) is 2. The van der Waals surface area contributed by atoms with Crippen molar-refractivity contribution in [1.29, 1.82) is 0 Å². The number of rotatable bonds is 7. The monoisotopic (exact) mass is 438 g/mol. The summed E-state index contributed by atoms with van der Waals surface area (Å²) in [4.78, 5) is 5.09. The van der Waals surface area contributed by atoms with E-state index in [2.05, 4.69) is 23.8 Å². The molecule has 2 aliphatic rings. The molecule has 0 spiro atoms. The summed E-state index contributed by atoms with van der Waals surface area (Å²) in [6.45, 7) is 4.67. The second-order valence-corrected chi connectivity index (χ2v) is 10.9. The molecule has 2 atom stereocenters. The zero-order valence-corrected chi connectivity index (χ0v) is 19.2. The number of benzene rings is 1. The molecule has 3 rings (SSSR count). The van der Waals surface area contributed by atoms with Crippen molar-refractivity contribution in [2.24, 2.45) is 4.99 Å². The van der Waals surface area contributed by atoms with E-state index < -0.39 is 10.0 Å². The molecule has 0 radical (unpaired) electrons. The van der Waals surface area contributed by atoms with E-state index in [4.69, 9.17) is 4.99 Å². The van der Waals surface area contributed by atoms with Gasteiger partial charge in [0.25, 0.3) is 0 Å². The first-order valence-electron chi connectivity index (χ1n) is 10.7. The molecule has 0 bridgehead atoms. The molecular weight excluding hydrogens is 404 g/mol. The van der Waals surface area contributed by atoms with E-state index in [9.17, 15) is 8.42 Å². The van der Waals surface area contributed by atoms with E-state index in [0.29, 0.717) is 30.6 Å². The molecule has 29 heavy (non-hydrogen) atoms. The highest BCUT2D eigenvalue weighted by atomic mass is 32.2. The first-order valence-corrected chi connectivity index (χ1v) is 13.4. The minimum atomic E-state index is -3.37. The predicted molar refractivity (Wildman–Crippen MR) is 122 cm³/mol. The third-order valence-corrected chi connectivity index (χ3v) is 8.71. The van der Waals surface area contributed by atoms with Gasteiger partial charge in [0.2, 0.25) is 10.0 Å². The van der Waals surface area contributed by atoms with Crippen molar-refractivity contribution >= 4 is 27.7 Å². The van der Waals surface area contributed by atoms with E-state index in [1.165, 1.54) is 19.3 Å². The molecule has 8 heteroatoms. The quantitative estimate of drug-likeness (QED) is 0.505. The van der Waals surface area contributed by atoms with Gasteiger partial charge in [0.15, 0.2) is 5.96 Å². The summed E-state index contributed by atoms with van der Waals surface area (Å²) >= 11 is 1.95. The summed E-state index contributed by atoms with van der Waals surface area (Å²) in [5.74, 6) is 0.837. The van der Waals surface area contributed by atoms with E-state index in [-0.39, 0.29) is 0 Å². The van der Waals surface area contributed by atoms with Gasteiger partial charge in [0, 0.05) is 30.9 Å². The largest absolute Gasteiger partial charge is 0.357 e. The molecule has 1 aliphatic heterocycles. The summed E-state index contributed by atoms with van der Waals surface area (Å²) in [5.41, 5.74) is 1.01. The van der Waals surface area contributed by atoms with Crippen LogP contribution in [0.3, 0.4) is 0 Å². The topological polar surface area (TPSA) is 73.8 Å². The maximum Gasteiger partial charge on any atom is 0.243 e. The van der Waals surface area contributed by atoms with E-state index >= 15 is 0 Å². The molecule has 0 aromatic heterocycles. The Bertz CT molecular complexity index is 774. The van der Waals surface area contributed by atoms with Gasteiger partial charge in [0.05, 0.1) is 11.4 Å². The van der Waals surface area contributed by atoms with Gasteiger partial charge < -0.3 is 10.6 Å². The highest BCUT2D eigenvalue weighted by molar-refractivity contribution is 7.99. The number of guanidine groups is 1. The Hall–Kier alpha value is -1.25. The SMILES string of the molecule is CCNC(=NCc1ccc(S(=O)(=O)N2CCCCC2)cc1)NC1CCC(SC)C1. The minimum Gasteiger partial charge on any atom is -0.357 e. The fourth-order valence-electron chi connectivity index (χ4n) is 3.99. The molecule has 2 N–H and O–H groups in total. The third-order valence-electron chi connectivity index (χ3n) is 5.70. The summed E-state index contributed by atoms with van der Waals surface area (Å²) in [7, 11) is -3.37. The number of thioether (sulfide) groups is 1. The molecule has 1 aromatic carbocycles. The summed E-state index contributed by atoms with van der Waals surface area (Å²) in [5, 5.41) is 7.61. The van der Waals surface area contributed by atoms with Gasteiger partial charge in [-0.2, -0.15) is 16.1 Å². The van der Waals surface area contributed by atoms with Crippen LogP contribution in [0.15, 0.2) is 34.2 Å². The van der Waals surface area contributed by atoms with Crippen molar-refractivity contribution in [2.75, 3.05) is 25.9 Å². The molecule has 162 valence electrons. The van der Waals surface area contributed by atoms with Crippen molar-refractivity contribution in [1.82, 2.24) is 14.9 Å². The maximum atomic E-state index is 12.8. The number of hydrogen-bond acceptors (Lipinski definition) is 4. The van der Waals surface area contributed by atoms with Crippen LogP contribution in [0.2, 0.25) is 0 Å². The Morgan fingerprint density at radius 3 is 2.52 bits per heavy atom. The van der Waals surface area contributed by atoms with E-state index in [1.54, 1.807) is 16.4 Å². The van der Waals surface area contributed by atoms with Crippen LogP contribution in [0.5, 0.6) is 0 Å². The minimum absolute atomic E-state index is 0.381. The lowest BCUT2D eigenvalue weighted by molar-refractivity contribution is 0.346. The van der Waals surface area contributed by atoms with Crippen molar-refractivity contribution in [3.05, 3.63) is 29.8 Å². The number of aliphatic imine (C=N–C) groups is 1. The number of hydrogen-bond donors (Lipinski definition) is 2. The average molecular weight is 439 g/mol. The van der Waals surface area contributed by atoms with Crippen molar-refractivity contribution < 1.29 is 8.42 Å². The van der Waals surface area contributed by atoms with Crippen LogP contribution in [0.25, 0.3) is 0 Å². The Morgan fingerprint density at radius 2 is 1.90 bits per heavy atom. The Morgan fingerprint density at radius 1 is 1.17 bits per heavy atom. The van der Waals surface area contributed by atoms with Gasteiger partial charge in [-0.3, -0.25) is 0 Å². The summed E-state index contributed by atoms with van der Waals surface area (Å²) in [6.07, 6.45) is 8.81. The van der Waals surface area contributed by atoms with E-state index in [1.807, 2.05) is 23.9 Å². The number of piperidine rings is 1. The van der Waals surface area contributed by atoms with Gasteiger partial charge in [-0.25, -0.2) is 13.4 Å². The molecule has 2 fully saturated rings. The fourth-order valence-corrected chi connectivity index (χ4v) is 6.30. The van der Waals surface area contributed by atoms with Gasteiger partial charge in [-0.1, -0.05) is 18.6 Å². The van der Waals surface area contributed by atoms with Crippen molar-refractivity contribution in [3.8, 4) is 0 Å². The van der Waals surface area contributed by atoms with Gasteiger partial charge in [-0.05, 0) is 63.0 Å². The third kappa shape index (κ3) is 6.12. The molecule has 1 aliphatic carbocycles. The highest BCUT2D eigenvalue weighted by Gasteiger charge is 2.26. The summed E-state index contributed by atoms with van der Waals surface area (Å²) < 4.78 is 27.2. The lowest BCUT2D eigenvalue weighted by Gasteiger charge is -2.25. The molecule has 1 heterocycles. The molecule has 1 aromatic rings. The second kappa shape index (κ2) is 10.7. The smallest absolute Gasteiger partial charge is 0.243 e. The van der Waals surface area contributed by atoms with E-state index in [0.717, 1.165) is 42.6 Å². The molecular formula is C21H34N4O2S2. The van der Waals surface area contributed by atoms with Crippen LogP contribution in [0.1, 0.15) is 51.0 Å². The predicted octanol–water partition coefficient (Wildman–Crippen LogP) is 3.20. The second-order valence-electron chi connectivity index (χ2n) is 7.82. The molecule has 1 saturated carbocycles. The Balaban J connectivity index is 1.61. The molecule has 0 amide bonds. The maximum absolute atomic E-state index is 12.8. The first kappa shape index (κ1) is 22.4. The van der Waals surface area contributed by atoms with Crippen LogP contribution in [-0.4, -0.2) is 55.9 Å². The number of sulfonamides is 1. The van der Waals surface area contributed by atoms with Crippen molar-refractivity contribution in [2.45, 2.75) is 68.2 Å². The van der Waals surface area contributed by atoms with Crippen LogP contribution in [-0.2, 0) is 16.6 Å². The van der Waals surface area contributed by atoms with Gasteiger partial charge in [0.1, 0.15) is 0 Å². The zero-order valence-electron chi connectivity index (χ0n) is 17.6. The first-order chi connectivity index (χ1) is 14.0. The standard InChI is InChI=1S/C21H34N4O2S2/c1-3-22-21(24-18-9-10-19(15-18)28-2)23-16-17-7-11-20(12-8-17)29(26,27)25-13-5-4-6-14-25/h7-8,11-12,18-19H,3-6,9-10,13-16H2,1-2H3,(H2,22,23,24). The van der Waals surface area contributed by atoms with Crippen LogP contribution in [0, 0.1) is 0 Å².